The topological polar surface area (TPSA) is 45.0 Å². The zero-order chi connectivity index (χ0) is 14.5. The molecule has 0 radical (unpaired) electrons. The van der Waals surface area contributed by atoms with Crippen molar-refractivity contribution < 1.29 is 9.59 Å². The highest BCUT2D eigenvalue weighted by atomic mass is 16.2. The Morgan fingerprint density at radius 3 is 2.45 bits per heavy atom. The van der Waals surface area contributed by atoms with Crippen LogP contribution in [0.4, 0.5) is 16.2 Å². The summed E-state index contributed by atoms with van der Waals surface area (Å²) in [5, 5.41) is 0. The first-order chi connectivity index (χ1) is 9.51. The van der Waals surface area contributed by atoms with Crippen molar-refractivity contribution in [1.82, 2.24) is 4.90 Å². The fourth-order valence-corrected chi connectivity index (χ4v) is 2.96. The van der Waals surface area contributed by atoms with E-state index >= 15 is 0 Å². The van der Waals surface area contributed by atoms with Crippen LogP contribution in [0.1, 0.15) is 24.8 Å². The number of rotatable bonds is 1. The molecule has 0 atom stereocenters. The van der Waals surface area contributed by atoms with Gasteiger partial charge in [0.05, 0.1) is 12.3 Å². The minimum Gasteiger partial charge on any atom is -0.312 e. The number of carbonyl (C=O) groups is 2. The standard InChI is InChI=1S/C15H15N3O2/c1-10-9-11(5-6-12(10)16-2)18-13(19)15(7-4-8-15)17(3)14(18)20/h5-6,9H,4,7-8H2,1,3H3. The number of urea groups is 1. The fraction of sp³-hybridized carbons (Fsp3) is 0.400. The predicted octanol–water partition coefficient (Wildman–Crippen LogP) is 2.87. The van der Waals surface area contributed by atoms with Crippen LogP contribution in [0.2, 0.25) is 0 Å². The van der Waals surface area contributed by atoms with Gasteiger partial charge in [0.1, 0.15) is 5.54 Å². The maximum atomic E-state index is 12.6. The van der Waals surface area contributed by atoms with E-state index in [4.69, 9.17) is 6.57 Å². The normalized spacial score (nSPS) is 20.2. The molecule has 3 rings (SSSR count). The highest BCUT2D eigenvalue weighted by Gasteiger charge is 2.59. The molecule has 5 heteroatoms. The van der Waals surface area contributed by atoms with E-state index < -0.39 is 5.54 Å². The molecule has 1 aromatic rings. The van der Waals surface area contributed by atoms with Gasteiger partial charge in [-0.1, -0.05) is 6.07 Å². The maximum Gasteiger partial charge on any atom is 0.332 e. The van der Waals surface area contributed by atoms with Crippen molar-refractivity contribution in [3.63, 3.8) is 0 Å². The molecule has 0 N–H and O–H groups in total. The number of benzene rings is 1. The lowest BCUT2D eigenvalue weighted by Crippen LogP contribution is -2.53. The molecular weight excluding hydrogens is 254 g/mol. The summed E-state index contributed by atoms with van der Waals surface area (Å²) in [6.07, 6.45) is 2.46. The Labute approximate surface area is 117 Å². The highest BCUT2D eigenvalue weighted by Crippen LogP contribution is 2.44. The van der Waals surface area contributed by atoms with Gasteiger partial charge in [-0.2, -0.15) is 0 Å². The average molecular weight is 269 g/mol. The van der Waals surface area contributed by atoms with Crippen LogP contribution in [0.3, 0.4) is 0 Å². The third kappa shape index (κ3) is 1.42. The van der Waals surface area contributed by atoms with Crippen molar-refractivity contribution in [3.8, 4) is 0 Å². The summed E-state index contributed by atoms with van der Waals surface area (Å²) in [6.45, 7) is 8.86. The number of aryl methyl sites for hydroxylation is 1. The molecule has 2 fully saturated rings. The molecule has 1 aliphatic heterocycles. The van der Waals surface area contributed by atoms with Crippen molar-refractivity contribution in [1.29, 1.82) is 0 Å². The Morgan fingerprint density at radius 2 is 2.00 bits per heavy atom. The number of likely N-dealkylation sites (N-methyl/N-ethyl adjacent to an activating group) is 1. The Kier molecular flexibility index (Phi) is 2.58. The molecular formula is C15H15N3O2. The van der Waals surface area contributed by atoms with Gasteiger partial charge >= 0.3 is 6.03 Å². The SMILES string of the molecule is [C-]#[N+]c1ccc(N2C(=O)N(C)C3(CCC3)C2=O)cc1C. The summed E-state index contributed by atoms with van der Waals surface area (Å²) >= 11 is 0. The molecule has 1 saturated heterocycles. The van der Waals surface area contributed by atoms with E-state index in [1.807, 2.05) is 6.92 Å². The van der Waals surface area contributed by atoms with Gasteiger partial charge in [-0.3, -0.25) is 4.79 Å². The lowest BCUT2D eigenvalue weighted by Gasteiger charge is -2.40. The predicted molar refractivity (Wildman–Crippen MR) is 74.7 cm³/mol. The fourth-order valence-electron chi connectivity index (χ4n) is 2.96. The molecule has 5 nitrogen and oxygen atoms in total. The monoisotopic (exact) mass is 269 g/mol. The van der Waals surface area contributed by atoms with E-state index in [9.17, 15) is 9.59 Å². The summed E-state index contributed by atoms with van der Waals surface area (Å²) < 4.78 is 0. The van der Waals surface area contributed by atoms with Crippen molar-refractivity contribution in [2.24, 2.45) is 0 Å². The number of imide groups is 1. The van der Waals surface area contributed by atoms with Crippen LogP contribution in [0.5, 0.6) is 0 Å². The quantitative estimate of drug-likeness (QED) is 0.581. The zero-order valence-electron chi connectivity index (χ0n) is 11.5. The minimum absolute atomic E-state index is 0.133. The Balaban J connectivity index is 2.03. The highest BCUT2D eigenvalue weighted by molar-refractivity contribution is 6.23. The van der Waals surface area contributed by atoms with E-state index in [0.717, 1.165) is 24.8 Å². The number of amides is 3. The molecule has 102 valence electrons. The van der Waals surface area contributed by atoms with Crippen molar-refractivity contribution in [3.05, 3.63) is 35.2 Å². The third-order valence-corrected chi connectivity index (χ3v) is 4.46. The third-order valence-electron chi connectivity index (χ3n) is 4.46. The number of anilines is 1. The van der Waals surface area contributed by atoms with Crippen LogP contribution < -0.4 is 4.90 Å². The van der Waals surface area contributed by atoms with Crippen LogP contribution >= 0.6 is 0 Å². The Morgan fingerprint density at radius 1 is 1.30 bits per heavy atom. The molecule has 1 aliphatic carbocycles. The van der Waals surface area contributed by atoms with Crippen LogP contribution in [0.15, 0.2) is 18.2 Å². The molecule has 0 unspecified atom stereocenters. The second kappa shape index (κ2) is 4.07. The largest absolute Gasteiger partial charge is 0.332 e. The second-order valence-corrected chi connectivity index (χ2v) is 5.45. The van der Waals surface area contributed by atoms with E-state index in [0.29, 0.717) is 11.4 Å². The van der Waals surface area contributed by atoms with E-state index in [2.05, 4.69) is 4.85 Å². The van der Waals surface area contributed by atoms with Gasteiger partial charge in [0.15, 0.2) is 5.69 Å². The summed E-state index contributed by atoms with van der Waals surface area (Å²) in [7, 11) is 1.69. The van der Waals surface area contributed by atoms with Gasteiger partial charge in [0.25, 0.3) is 5.91 Å². The van der Waals surface area contributed by atoms with Gasteiger partial charge in [-0.25, -0.2) is 14.5 Å². The second-order valence-electron chi connectivity index (χ2n) is 5.45. The minimum atomic E-state index is -0.622. The molecule has 3 amide bonds. The number of carbonyl (C=O) groups excluding carboxylic acids is 2. The lowest BCUT2D eigenvalue weighted by atomic mass is 9.76. The van der Waals surface area contributed by atoms with Crippen molar-refractivity contribution in [2.45, 2.75) is 31.7 Å². The smallest absolute Gasteiger partial charge is 0.312 e. The summed E-state index contributed by atoms with van der Waals surface area (Å²) in [5.74, 6) is -0.133. The maximum absolute atomic E-state index is 12.6. The molecule has 0 aromatic heterocycles. The summed E-state index contributed by atoms with van der Waals surface area (Å²) in [5.41, 5.74) is 1.25. The van der Waals surface area contributed by atoms with Crippen LogP contribution in [-0.4, -0.2) is 29.4 Å². The van der Waals surface area contributed by atoms with E-state index in [1.165, 1.54) is 4.90 Å². The van der Waals surface area contributed by atoms with Gasteiger partial charge in [-0.15, -0.1) is 0 Å². The van der Waals surface area contributed by atoms with Gasteiger partial charge in [0, 0.05) is 7.05 Å². The first-order valence-corrected chi connectivity index (χ1v) is 6.62. The molecule has 1 spiro atoms. The average Bonchev–Trinajstić information content (AvgIpc) is 2.57. The number of hydrogen-bond acceptors (Lipinski definition) is 2. The van der Waals surface area contributed by atoms with Gasteiger partial charge in [0.2, 0.25) is 0 Å². The van der Waals surface area contributed by atoms with Crippen molar-refractivity contribution >= 4 is 23.3 Å². The Bertz CT molecular complexity index is 656. The molecule has 1 aromatic carbocycles. The van der Waals surface area contributed by atoms with Gasteiger partial charge < -0.3 is 4.90 Å². The Hall–Kier alpha value is -2.35. The molecule has 2 aliphatic rings. The zero-order valence-corrected chi connectivity index (χ0v) is 11.5. The van der Waals surface area contributed by atoms with Gasteiger partial charge in [-0.05, 0) is 43.9 Å². The lowest BCUT2D eigenvalue weighted by molar-refractivity contribution is -0.128. The van der Waals surface area contributed by atoms with Crippen LogP contribution in [-0.2, 0) is 4.79 Å². The molecule has 1 saturated carbocycles. The summed E-state index contributed by atoms with van der Waals surface area (Å²) in [4.78, 5) is 31.2. The first kappa shape index (κ1) is 12.7. The molecule has 20 heavy (non-hydrogen) atoms. The number of nitrogens with zero attached hydrogens (tertiary/aromatic N) is 3. The number of hydrogen-bond donors (Lipinski definition) is 0. The summed E-state index contributed by atoms with van der Waals surface area (Å²) in [6, 6.07) is 4.78. The van der Waals surface area contributed by atoms with Crippen molar-refractivity contribution in [2.75, 3.05) is 11.9 Å². The van der Waals surface area contributed by atoms with Crippen LogP contribution in [0, 0.1) is 13.5 Å². The first-order valence-electron chi connectivity index (χ1n) is 6.62. The van der Waals surface area contributed by atoms with E-state index in [1.54, 1.807) is 30.1 Å². The van der Waals surface area contributed by atoms with E-state index in [-0.39, 0.29) is 11.9 Å². The van der Waals surface area contributed by atoms with Crippen LogP contribution in [0.25, 0.3) is 4.85 Å². The molecule has 1 heterocycles. The molecule has 0 bridgehead atoms.